The van der Waals surface area contributed by atoms with Crippen LogP contribution in [0.2, 0.25) is 0 Å². The smallest absolute Gasteiger partial charge is 0.161 e. The molecule has 1 saturated carbocycles. The largest absolute Gasteiger partial charge is 0.422 e. The van der Waals surface area contributed by atoms with E-state index in [9.17, 15) is 4.79 Å². The molecule has 0 unspecified atom stereocenters. The molecular weight excluding hydrogens is 138 g/mol. The monoisotopic (exact) mass is 154 g/mol. The third-order valence-corrected chi connectivity index (χ3v) is 2.80. The molecule has 0 heterocycles. The number of nitrogens with one attached hydrogen (secondary N) is 1. The minimum Gasteiger partial charge on any atom is -0.161 e. The van der Waals surface area contributed by atoms with Crippen LogP contribution < -0.4 is 4.99 Å². The highest BCUT2D eigenvalue weighted by Gasteiger charge is 2.34. The van der Waals surface area contributed by atoms with E-state index in [0.717, 1.165) is 19.3 Å². The molecule has 1 N–H and O–H groups in total. The highest BCUT2D eigenvalue weighted by molar-refractivity contribution is 5.23. The molecule has 1 fully saturated rings. The lowest BCUT2D eigenvalue weighted by atomic mass is 9.80. The number of hydrogen-bond donors (Lipinski definition) is 1. The quantitative estimate of drug-likeness (QED) is 0.456. The fraction of sp³-hybridized carbons (Fsp3) is 0.889. The first-order valence-electron chi connectivity index (χ1n) is 4.47. The first kappa shape index (κ1) is 8.48. The highest BCUT2D eigenvalue weighted by Crippen LogP contribution is 2.26. The summed E-state index contributed by atoms with van der Waals surface area (Å²) in [7, 11) is 0. The fourth-order valence-corrected chi connectivity index (χ4v) is 1.90. The van der Waals surface area contributed by atoms with Gasteiger partial charge < -0.3 is 0 Å². The maximum Gasteiger partial charge on any atom is 0.422 e. The lowest BCUT2D eigenvalue weighted by Gasteiger charge is -2.25. The van der Waals surface area contributed by atoms with Crippen molar-refractivity contribution in [2.75, 3.05) is 0 Å². The van der Waals surface area contributed by atoms with Gasteiger partial charge in [-0.25, -0.2) is 0 Å². The van der Waals surface area contributed by atoms with Crippen molar-refractivity contribution >= 4 is 6.08 Å². The van der Waals surface area contributed by atoms with Crippen LogP contribution in [-0.2, 0) is 4.79 Å². The average Bonchev–Trinajstić information content (AvgIpc) is 2.07. The van der Waals surface area contributed by atoms with Crippen LogP contribution in [0.15, 0.2) is 0 Å². The highest BCUT2D eigenvalue weighted by atomic mass is 16.1. The Hall–Kier alpha value is -0.620. The molecule has 1 aliphatic carbocycles. The van der Waals surface area contributed by atoms with Gasteiger partial charge in [0.2, 0.25) is 0 Å². The van der Waals surface area contributed by atoms with Crippen LogP contribution in [0.5, 0.6) is 0 Å². The van der Waals surface area contributed by atoms with Crippen LogP contribution >= 0.6 is 0 Å². The average molecular weight is 154 g/mol. The summed E-state index contributed by atoms with van der Waals surface area (Å²) in [4.78, 5) is 13.0. The van der Waals surface area contributed by atoms with E-state index < -0.39 is 0 Å². The Bertz CT molecular complexity index is 164. The van der Waals surface area contributed by atoms with E-state index in [1.807, 2.05) is 6.08 Å². The van der Waals surface area contributed by atoms with Crippen molar-refractivity contribution in [2.45, 2.75) is 51.0 Å². The number of carbonyl (C=O) groups excluding carboxylic acids is 1. The maximum atomic E-state index is 10.2. The Morgan fingerprint density at radius 1 is 1.36 bits per heavy atom. The van der Waals surface area contributed by atoms with Gasteiger partial charge in [-0.2, -0.15) is 9.79 Å². The minimum absolute atomic E-state index is 0.0972. The number of rotatable bonds is 2. The number of isocyanates is 1. The molecular formula is C9H16NO+. The van der Waals surface area contributed by atoms with Crippen LogP contribution in [0.4, 0.5) is 0 Å². The van der Waals surface area contributed by atoms with Crippen LogP contribution in [-0.4, -0.2) is 11.6 Å². The maximum absolute atomic E-state index is 10.2. The molecule has 0 aliphatic heterocycles. The molecule has 0 aromatic heterocycles. The van der Waals surface area contributed by atoms with E-state index in [2.05, 4.69) is 11.9 Å². The van der Waals surface area contributed by atoms with Gasteiger partial charge in [0.1, 0.15) is 0 Å². The molecule has 0 atom stereocenters. The Labute approximate surface area is 67.7 Å². The zero-order chi connectivity index (χ0) is 8.16. The predicted octanol–water partition coefficient (Wildman–Crippen LogP) is 0.516. The standard InChI is InChI=1S/C9H15NO/c1-2-9(10-8-11)6-4-3-5-7-9/h2-7H2,1H3/p+1. The van der Waals surface area contributed by atoms with Crippen LogP contribution in [0, 0.1) is 0 Å². The lowest BCUT2D eigenvalue weighted by molar-refractivity contribution is -0.557. The van der Waals surface area contributed by atoms with Crippen molar-refractivity contribution in [2.24, 2.45) is 0 Å². The molecule has 62 valence electrons. The summed E-state index contributed by atoms with van der Waals surface area (Å²) in [5, 5.41) is 0. The molecule has 2 nitrogen and oxygen atoms in total. The Morgan fingerprint density at radius 3 is 2.45 bits per heavy atom. The van der Waals surface area contributed by atoms with E-state index in [4.69, 9.17) is 0 Å². The molecule has 0 aromatic rings. The van der Waals surface area contributed by atoms with Gasteiger partial charge in [0.05, 0.1) is 0 Å². The topological polar surface area (TPSA) is 31.0 Å². The summed E-state index contributed by atoms with van der Waals surface area (Å²) in [5.41, 5.74) is 0.0972. The SMILES string of the molecule is CCC1([NH+]=C=O)CCCCC1. The molecule has 11 heavy (non-hydrogen) atoms. The second kappa shape index (κ2) is 3.68. The van der Waals surface area contributed by atoms with Crippen molar-refractivity contribution in [1.29, 1.82) is 0 Å². The first-order valence-corrected chi connectivity index (χ1v) is 4.47. The van der Waals surface area contributed by atoms with E-state index in [1.54, 1.807) is 0 Å². The third kappa shape index (κ3) is 1.90. The van der Waals surface area contributed by atoms with Gasteiger partial charge in [-0.05, 0) is 12.8 Å². The Kier molecular flexibility index (Phi) is 2.84. The van der Waals surface area contributed by atoms with Gasteiger partial charge in [0.25, 0.3) is 0 Å². The van der Waals surface area contributed by atoms with E-state index >= 15 is 0 Å². The van der Waals surface area contributed by atoms with E-state index in [1.165, 1.54) is 19.3 Å². The van der Waals surface area contributed by atoms with Crippen molar-refractivity contribution < 1.29 is 9.79 Å². The zero-order valence-electron chi connectivity index (χ0n) is 7.15. The Balaban J connectivity index is 2.64. The molecule has 0 aromatic carbocycles. The second-order valence-electron chi connectivity index (χ2n) is 3.42. The molecule has 1 aliphatic rings. The van der Waals surface area contributed by atoms with E-state index in [-0.39, 0.29) is 5.54 Å². The van der Waals surface area contributed by atoms with Crippen LogP contribution in [0.25, 0.3) is 0 Å². The van der Waals surface area contributed by atoms with Gasteiger partial charge >= 0.3 is 6.08 Å². The summed E-state index contributed by atoms with van der Waals surface area (Å²) in [6.07, 6.45) is 8.98. The van der Waals surface area contributed by atoms with Crippen molar-refractivity contribution in [3.05, 3.63) is 0 Å². The molecule has 0 radical (unpaired) electrons. The molecule has 1 rings (SSSR count). The van der Waals surface area contributed by atoms with Gasteiger partial charge in [-0.1, -0.05) is 13.3 Å². The minimum atomic E-state index is 0.0972. The van der Waals surface area contributed by atoms with Crippen molar-refractivity contribution in [1.82, 2.24) is 0 Å². The Morgan fingerprint density at radius 2 is 2.00 bits per heavy atom. The predicted molar refractivity (Wildman–Crippen MR) is 42.8 cm³/mol. The third-order valence-electron chi connectivity index (χ3n) is 2.80. The van der Waals surface area contributed by atoms with Gasteiger partial charge in [0.15, 0.2) is 5.54 Å². The summed E-state index contributed by atoms with van der Waals surface area (Å²) in [6.45, 7) is 2.13. The molecule has 0 saturated heterocycles. The first-order chi connectivity index (χ1) is 5.33. The number of hydrogen-bond acceptors (Lipinski definition) is 1. The normalized spacial score (nSPS) is 22.3. The summed E-state index contributed by atoms with van der Waals surface area (Å²) in [5.74, 6) is 0. The van der Waals surface area contributed by atoms with Crippen LogP contribution in [0.1, 0.15) is 45.4 Å². The molecule has 0 spiro atoms. The molecule has 0 bridgehead atoms. The van der Waals surface area contributed by atoms with Gasteiger partial charge in [-0.15, -0.1) is 0 Å². The molecule has 0 amide bonds. The van der Waals surface area contributed by atoms with Crippen molar-refractivity contribution in [3.63, 3.8) is 0 Å². The summed E-state index contributed by atoms with van der Waals surface area (Å²) >= 11 is 0. The second-order valence-corrected chi connectivity index (χ2v) is 3.42. The lowest BCUT2D eigenvalue weighted by Crippen LogP contribution is -2.84. The van der Waals surface area contributed by atoms with Crippen molar-refractivity contribution in [3.8, 4) is 0 Å². The van der Waals surface area contributed by atoms with Gasteiger partial charge in [-0.3, -0.25) is 0 Å². The zero-order valence-corrected chi connectivity index (χ0v) is 7.15. The fourth-order valence-electron chi connectivity index (χ4n) is 1.90. The molecule has 2 heteroatoms. The van der Waals surface area contributed by atoms with Gasteiger partial charge in [0, 0.05) is 19.3 Å². The summed E-state index contributed by atoms with van der Waals surface area (Å²) < 4.78 is 0. The summed E-state index contributed by atoms with van der Waals surface area (Å²) in [6, 6.07) is 0. The van der Waals surface area contributed by atoms with Crippen LogP contribution in [0.3, 0.4) is 0 Å². The van der Waals surface area contributed by atoms with E-state index in [0.29, 0.717) is 0 Å².